The summed E-state index contributed by atoms with van der Waals surface area (Å²) in [4.78, 5) is 11.5. The minimum absolute atomic E-state index is 0.156. The van der Waals surface area contributed by atoms with E-state index in [2.05, 4.69) is 20.8 Å². The zero-order valence-electron chi connectivity index (χ0n) is 9.69. The smallest absolute Gasteiger partial charge is 0.230 e. The lowest BCUT2D eigenvalue weighted by molar-refractivity contribution is -0.119. The Labute approximate surface area is 108 Å². The highest BCUT2D eigenvalue weighted by atomic mass is 32.2. The summed E-state index contributed by atoms with van der Waals surface area (Å²) in [6, 6.07) is -0.245. The van der Waals surface area contributed by atoms with E-state index >= 15 is 0 Å². The molecular formula is C9H15N5O3S. The molecular weight excluding hydrogens is 258 g/mol. The normalized spacial score (nSPS) is 15.1. The molecule has 0 atom stereocenters. The van der Waals surface area contributed by atoms with Crippen molar-refractivity contribution >= 4 is 17.7 Å². The van der Waals surface area contributed by atoms with Crippen molar-refractivity contribution < 1.29 is 15.0 Å². The Kier molecular flexibility index (Phi) is 4.50. The lowest BCUT2D eigenvalue weighted by Crippen LogP contribution is -2.41. The Hall–Kier alpha value is -1.19. The number of nitrogens with one attached hydrogen (secondary N) is 1. The SMILES string of the molecule is O=C(CSc1nnnn1C1CC1)NC(CO)CO. The van der Waals surface area contributed by atoms with Crippen molar-refractivity contribution in [2.45, 2.75) is 30.1 Å². The summed E-state index contributed by atoms with van der Waals surface area (Å²) < 4.78 is 1.73. The van der Waals surface area contributed by atoms with E-state index in [9.17, 15) is 4.79 Å². The van der Waals surface area contributed by atoms with Gasteiger partial charge in [0, 0.05) is 0 Å². The largest absolute Gasteiger partial charge is 0.394 e. The molecule has 0 aromatic carbocycles. The molecule has 0 aliphatic heterocycles. The van der Waals surface area contributed by atoms with E-state index in [1.54, 1.807) is 4.68 Å². The van der Waals surface area contributed by atoms with Crippen molar-refractivity contribution in [2.75, 3.05) is 19.0 Å². The van der Waals surface area contributed by atoms with Crippen LogP contribution in [0.1, 0.15) is 18.9 Å². The monoisotopic (exact) mass is 273 g/mol. The quantitative estimate of drug-likeness (QED) is 0.522. The van der Waals surface area contributed by atoms with Crippen LogP contribution in [-0.2, 0) is 4.79 Å². The molecule has 1 saturated carbocycles. The third-order valence-corrected chi connectivity index (χ3v) is 3.43. The zero-order valence-corrected chi connectivity index (χ0v) is 10.5. The van der Waals surface area contributed by atoms with E-state index in [0.29, 0.717) is 11.2 Å². The maximum Gasteiger partial charge on any atom is 0.230 e. The molecule has 9 heteroatoms. The predicted molar refractivity (Wildman–Crippen MR) is 62.9 cm³/mol. The van der Waals surface area contributed by atoms with Gasteiger partial charge in [-0.3, -0.25) is 4.79 Å². The number of hydrogen-bond acceptors (Lipinski definition) is 7. The summed E-state index contributed by atoms with van der Waals surface area (Å²) in [5.41, 5.74) is 0. The van der Waals surface area contributed by atoms with Gasteiger partial charge in [0.05, 0.1) is 31.1 Å². The number of aromatic nitrogens is 4. The van der Waals surface area contributed by atoms with E-state index in [4.69, 9.17) is 10.2 Å². The molecule has 0 radical (unpaired) electrons. The number of hydrogen-bond donors (Lipinski definition) is 3. The van der Waals surface area contributed by atoms with E-state index in [1.807, 2.05) is 0 Å². The highest BCUT2D eigenvalue weighted by Crippen LogP contribution is 2.36. The van der Waals surface area contributed by atoms with Gasteiger partial charge in [0.1, 0.15) is 0 Å². The van der Waals surface area contributed by atoms with E-state index in [1.165, 1.54) is 11.8 Å². The summed E-state index contributed by atoms with van der Waals surface area (Å²) in [6.45, 7) is -0.570. The molecule has 1 aromatic heterocycles. The molecule has 0 spiro atoms. The lowest BCUT2D eigenvalue weighted by Gasteiger charge is -2.12. The molecule has 1 aliphatic carbocycles. The topological polar surface area (TPSA) is 113 Å². The number of carbonyl (C=O) groups is 1. The van der Waals surface area contributed by atoms with Crippen LogP contribution in [0.25, 0.3) is 0 Å². The maximum absolute atomic E-state index is 11.5. The van der Waals surface area contributed by atoms with Crippen LogP contribution in [0.5, 0.6) is 0 Å². The summed E-state index contributed by atoms with van der Waals surface area (Å²) in [7, 11) is 0. The molecule has 0 bridgehead atoms. The van der Waals surface area contributed by atoms with Crippen molar-refractivity contribution in [1.29, 1.82) is 0 Å². The molecule has 1 aliphatic rings. The van der Waals surface area contributed by atoms with Crippen LogP contribution in [0, 0.1) is 0 Å². The first-order chi connectivity index (χ1) is 8.74. The highest BCUT2D eigenvalue weighted by molar-refractivity contribution is 7.99. The second kappa shape index (κ2) is 6.12. The first-order valence-corrected chi connectivity index (χ1v) is 6.65. The van der Waals surface area contributed by atoms with Gasteiger partial charge >= 0.3 is 0 Å². The van der Waals surface area contributed by atoms with Gasteiger partial charge in [-0.15, -0.1) is 5.10 Å². The number of rotatable bonds is 7. The van der Waals surface area contributed by atoms with Crippen LogP contribution in [0.3, 0.4) is 0 Å². The number of tetrazole rings is 1. The second-order valence-electron chi connectivity index (χ2n) is 4.06. The van der Waals surface area contributed by atoms with Crippen molar-refractivity contribution in [3.05, 3.63) is 0 Å². The van der Waals surface area contributed by atoms with Crippen LogP contribution in [0.4, 0.5) is 0 Å². The predicted octanol–water partition coefficient (Wildman–Crippen LogP) is -1.43. The van der Waals surface area contributed by atoms with Gasteiger partial charge in [0.25, 0.3) is 0 Å². The molecule has 1 aromatic rings. The highest BCUT2D eigenvalue weighted by Gasteiger charge is 2.28. The number of nitrogens with zero attached hydrogens (tertiary/aromatic N) is 4. The Bertz CT molecular complexity index is 405. The molecule has 1 heterocycles. The number of aliphatic hydroxyl groups is 2. The fourth-order valence-electron chi connectivity index (χ4n) is 1.38. The molecule has 18 heavy (non-hydrogen) atoms. The van der Waals surface area contributed by atoms with Gasteiger partial charge in [0.2, 0.25) is 11.1 Å². The molecule has 8 nitrogen and oxygen atoms in total. The van der Waals surface area contributed by atoms with Crippen LogP contribution < -0.4 is 5.32 Å². The number of aliphatic hydroxyl groups excluding tert-OH is 2. The standard InChI is InChI=1S/C9H15N5O3S/c15-3-6(4-16)10-8(17)5-18-9-11-12-13-14(9)7-1-2-7/h6-7,15-16H,1-5H2,(H,10,17). The lowest BCUT2D eigenvalue weighted by atomic mass is 10.3. The van der Waals surface area contributed by atoms with Gasteiger partial charge in [-0.2, -0.15) is 0 Å². The average molecular weight is 273 g/mol. The molecule has 2 rings (SSSR count). The number of carbonyl (C=O) groups excluding carboxylic acids is 1. The minimum atomic E-state index is -0.613. The van der Waals surface area contributed by atoms with Gasteiger partial charge in [-0.05, 0) is 23.3 Å². The van der Waals surface area contributed by atoms with Gasteiger partial charge in [-0.25, -0.2) is 4.68 Å². The van der Waals surface area contributed by atoms with E-state index in [0.717, 1.165) is 12.8 Å². The van der Waals surface area contributed by atoms with Gasteiger partial charge in [-0.1, -0.05) is 11.8 Å². The second-order valence-corrected chi connectivity index (χ2v) is 5.00. The van der Waals surface area contributed by atoms with Crippen molar-refractivity contribution in [3.8, 4) is 0 Å². The molecule has 1 amide bonds. The molecule has 1 fully saturated rings. The zero-order chi connectivity index (χ0) is 13.0. The van der Waals surface area contributed by atoms with Crippen molar-refractivity contribution in [1.82, 2.24) is 25.5 Å². The molecule has 0 saturated heterocycles. The summed E-state index contributed by atoms with van der Waals surface area (Å²) >= 11 is 1.24. The van der Waals surface area contributed by atoms with E-state index in [-0.39, 0.29) is 24.9 Å². The van der Waals surface area contributed by atoms with Crippen LogP contribution in [0.15, 0.2) is 5.16 Å². The Morgan fingerprint density at radius 3 is 2.83 bits per heavy atom. The first kappa shape index (κ1) is 13.2. The van der Waals surface area contributed by atoms with Crippen molar-refractivity contribution in [2.24, 2.45) is 0 Å². The van der Waals surface area contributed by atoms with Gasteiger partial charge < -0.3 is 15.5 Å². The maximum atomic E-state index is 11.5. The Morgan fingerprint density at radius 1 is 1.50 bits per heavy atom. The fourth-order valence-corrected chi connectivity index (χ4v) is 2.13. The Balaban J connectivity index is 1.80. The minimum Gasteiger partial charge on any atom is -0.394 e. The van der Waals surface area contributed by atoms with Crippen molar-refractivity contribution in [3.63, 3.8) is 0 Å². The number of thioether (sulfide) groups is 1. The average Bonchev–Trinajstić information content (AvgIpc) is 3.12. The molecule has 0 unspecified atom stereocenters. The van der Waals surface area contributed by atoms with Crippen LogP contribution >= 0.6 is 11.8 Å². The molecule has 3 N–H and O–H groups in total. The van der Waals surface area contributed by atoms with Crippen LogP contribution in [0.2, 0.25) is 0 Å². The summed E-state index contributed by atoms with van der Waals surface area (Å²) in [6.07, 6.45) is 2.14. The first-order valence-electron chi connectivity index (χ1n) is 5.66. The summed E-state index contributed by atoms with van der Waals surface area (Å²) in [5, 5.41) is 32.1. The van der Waals surface area contributed by atoms with E-state index < -0.39 is 6.04 Å². The third kappa shape index (κ3) is 3.40. The fraction of sp³-hybridized carbons (Fsp3) is 0.778. The van der Waals surface area contributed by atoms with Crippen LogP contribution in [-0.4, -0.2) is 61.3 Å². The number of amides is 1. The third-order valence-electron chi connectivity index (χ3n) is 2.49. The summed E-state index contributed by atoms with van der Waals surface area (Å²) in [5.74, 6) is -0.109. The molecule has 100 valence electrons. The van der Waals surface area contributed by atoms with Gasteiger partial charge in [0.15, 0.2) is 0 Å². The Morgan fingerprint density at radius 2 is 2.22 bits per heavy atom.